The molecule has 4 nitrogen and oxygen atoms in total. The Morgan fingerprint density at radius 3 is 2.62 bits per heavy atom. The van der Waals surface area contributed by atoms with E-state index < -0.39 is 24.6 Å². The standard InChI is InChI=1S/C14H15ClF2O4/c1-2-11(18)8-6-9(15)10(17)7-13(8)21-12(14(19)20)4-3-5-16/h6-7,12H,2-5H2,1H3,(H,19,20). The van der Waals surface area contributed by atoms with E-state index in [-0.39, 0.29) is 41.4 Å². The molecule has 1 aromatic rings. The molecule has 1 atom stereocenters. The van der Waals surface area contributed by atoms with E-state index in [1.165, 1.54) is 0 Å². The molecule has 0 aliphatic heterocycles. The first-order chi connectivity index (χ1) is 9.90. The van der Waals surface area contributed by atoms with Gasteiger partial charge < -0.3 is 9.84 Å². The van der Waals surface area contributed by atoms with Gasteiger partial charge in [0, 0.05) is 12.5 Å². The van der Waals surface area contributed by atoms with Gasteiger partial charge in [-0.05, 0) is 18.9 Å². The van der Waals surface area contributed by atoms with Gasteiger partial charge in [-0.1, -0.05) is 18.5 Å². The summed E-state index contributed by atoms with van der Waals surface area (Å²) in [7, 11) is 0. The van der Waals surface area contributed by atoms with Gasteiger partial charge in [-0.25, -0.2) is 9.18 Å². The minimum atomic E-state index is -1.36. The van der Waals surface area contributed by atoms with Gasteiger partial charge in [0.15, 0.2) is 11.9 Å². The van der Waals surface area contributed by atoms with Crippen molar-refractivity contribution < 1.29 is 28.2 Å². The Bertz CT molecular complexity index is 534. The summed E-state index contributed by atoms with van der Waals surface area (Å²) >= 11 is 5.62. The summed E-state index contributed by atoms with van der Waals surface area (Å²) in [6.45, 7) is 0.907. The second-order valence-corrected chi connectivity index (χ2v) is 4.72. The number of carboxylic acid groups (broad SMARTS) is 1. The Kier molecular flexibility index (Phi) is 6.55. The maximum atomic E-state index is 13.5. The Morgan fingerprint density at radius 1 is 1.43 bits per heavy atom. The van der Waals surface area contributed by atoms with Crippen LogP contribution >= 0.6 is 11.6 Å². The molecule has 116 valence electrons. The van der Waals surface area contributed by atoms with E-state index in [9.17, 15) is 18.4 Å². The SMILES string of the molecule is CCC(=O)c1cc(Cl)c(F)cc1OC(CCCF)C(=O)O. The Balaban J connectivity index is 3.11. The highest BCUT2D eigenvalue weighted by molar-refractivity contribution is 6.31. The van der Waals surface area contributed by atoms with Crippen LogP contribution in [0.1, 0.15) is 36.5 Å². The Labute approximate surface area is 125 Å². The van der Waals surface area contributed by atoms with Crippen LogP contribution in [0.4, 0.5) is 8.78 Å². The molecule has 0 radical (unpaired) electrons. The lowest BCUT2D eigenvalue weighted by molar-refractivity contribution is -0.145. The first-order valence-electron chi connectivity index (χ1n) is 6.38. The predicted octanol–water partition coefficient (Wildman–Crippen LogP) is 3.65. The fourth-order valence-electron chi connectivity index (χ4n) is 1.68. The first kappa shape index (κ1) is 17.4. The average molecular weight is 321 g/mol. The zero-order valence-corrected chi connectivity index (χ0v) is 12.1. The normalized spacial score (nSPS) is 12.0. The van der Waals surface area contributed by atoms with Gasteiger partial charge >= 0.3 is 5.97 Å². The Morgan fingerprint density at radius 2 is 2.10 bits per heavy atom. The van der Waals surface area contributed by atoms with Crippen molar-refractivity contribution in [3.8, 4) is 5.75 Å². The van der Waals surface area contributed by atoms with Crippen molar-refractivity contribution >= 4 is 23.4 Å². The fourth-order valence-corrected chi connectivity index (χ4v) is 1.85. The molecule has 0 saturated carbocycles. The number of hydrogen-bond acceptors (Lipinski definition) is 3. The van der Waals surface area contributed by atoms with E-state index >= 15 is 0 Å². The van der Waals surface area contributed by atoms with Crippen LogP contribution in [0.5, 0.6) is 5.75 Å². The molecule has 0 fully saturated rings. The van der Waals surface area contributed by atoms with Crippen LogP contribution < -0.4 is 4.74 Å². The van der Waals surface area contributed by atoms with Crippen LogP contribution in [0, 0.1) is 5.82 Å². The number of ether oxygens (including phenoxy) is 1. The zero-order chi connectivity index (χ0) is 16.0. The highest BCUT2D eigenvalue weighted by Gasteiger charge is 2.23. The number of hydrogen-bond donors (Lipinski definition) is 1. The van der Waals surface area contributed by atoms with Crippen LogP contribution in [0.25, 0.3) is 0 Å². The van der Waals surface area contributed by atoms with E-state index in [2.05, 4.69) is 0 Å². The third-order valence-corrected chi connectivity index (χ3v) is 3.08. The van der Waals surface area contributed by atoms with E-state index in [0.717, 1.165) is 12.1 Å². The van der Waals surface area contributed by atoms with Crippen LogP contribution in [-0.4, -0.2) is 29.6 Å². The molecular formula is C14H15ClF2O4. The minimum Gasteiger partial charge on any atom is -0.479 e. The van der Waals surface area contributed by atoms with Crippen molar-refractivity contribution in [2.45, 2.75) is 32.3 Å². The van der Waals surface area contributed by atoms with E-state index in [4.69, 9.17) is 21.4 Å². The number of rotatable bonds is 8. The minimum absolute atomic E-state index is 0.00963. The smallest absolute Gasteiger partial charge is 0.344 e. The number of Topliss-reactive ketones (excluding diaryl/α,β-unsaturated/α-hetero) is 1. The quantitative estimate of drug-likeness (QED) is 0.743. The van der Waals surface area contributed by atoms with Gasteiger partial charge in [0.1, 0.15) is 11.6 Å². The number of alkyl halides is 1. The van der Waals surface area contributed by atoms with Crippen molar-refractivity contribution in [2.24, 2.45) is 0 Å². The number of aliphatic carboxylic acids is 1. The summed E-state index contributed by atoms with van der Waals surface area (Å²) in [5, 5.41) is 8.76. The topological polar surface area (TPSA) is 63.6 Å². The number of ketones is 1. The molecule has 21 heavy (non-hydrogen) atoms. The monoisotopic (exact) mass is 320 g/mol. The molecule has 1 rings (SSSR count). The molecule has 0 saturated heterocycles. The second kappa shape index (κ2) is 7.93. The molecule has 1 unspecified atom stereocenters. The third-order valence-electron chi connectivity index (χ3n) is 2.79. The van der Waals surface area contributed by atoms with Gasteiger partial charge in [-0.15, -0.1) is 0 Å². The molecule has 0 heterocycles. The molecule has 0 amide bonds. The molecular weight excluding hydrogens is 306 g/mol. The van der Waals surface area contributed by atoms with Gasteiger partial charge in [0.2, 0.25) is 0 Å². The van der Waals surface area contributed by atoms with Crippen LogP contribution in [-0.2, 0) is 4.79 Å². The molecule has 1 aromatic carbocycles. The molecule has 1 N–H and O–H groups in total. The van der Waals surface area contributed by atoms with Crippen molar-refractivity contribution in [1.29, 1.82) is 0 Å². The molecule has 0 aromatic heterocycles. The molecule has 0 bridgehead atoms. The summed E-state index contributed by atoms with van der Waals surface area (Å²) in [4.78, 5) is 22.9. The number of carbonyl (C=O) groups excluding carboxylic acids is 1. The van der Waals surface area contributed by atoms with Gasteiger partial charge in [-0.3, -0.25) is 9.18 Å². The summed E-state index contributed by atoms with van der Waals surface area (Å²) in [6.07, 6.45) is -1.33. The van der Waals surface area contributed by atoms with Crippen LogP contribution in [0.15, 0.2) is 12.1 Å². The lowest BCUT2D eigenvalue weighted by Gasteiger charge is -2.17. The van der Waals surface area contributed by atoms with Crippen LogP contribution in [0.3, 0.4) is 0 Å². The molecule has 0 aliphatic rings. The summed E-state index contributed by atoms with van der Waals surface area (Å²) in [5.74, 6) is -2.70. The van der Waals surface area contributed by atoms with Crippen LogP contribution in [0.2, 0.25) is 5.02 Å². The summed E-state index contributed by atoms with van der Waals surface area (Å²) in [6, 6.07) is 1.97. The highest BCUT2D eigenvalue weighted by Crippen LogP contribution is 2.28. The predicted molar refractivity (Wildman–Crippen MR) is 73.3 cm³/mol. The summed E-state index contributed by atoms with van der Waals surface area (Å²) in [5.41, 5.74) is 0.00963. The number of halogens is 3. The van der Waals surface area contributed by atoms with Gasteiger partial charge in [0.05, 0.1) is 17.3 Å². The second-order valence-electron chi connectivity index (χ2n) is 4.32. The molecule has 0 aliphatic carbocycles. The maximum Gasteiger partial charge on any atom is 0.344 e. The zero-order valence-electron chi connectivity index (χ0n) is 11.4. The number of carboxylic acids is 1. The highest BCUT2D eigenvalue weighted by atomic mass is 35.5. The largest absolute Gasteiger partial charge is 0.479 e. The van der Waals surface area contributed by atoms with Gasteiger partial charge in [0.25, 0.3) is 0 Å². The van der Waals surface area contributed by atoms with E-state index in [0.29, 0.717) is 0 Å². The first-order valence-corrected chi connectivity index (χ1v) is 6.76. The van der Waals surface area contributed by atoms with Crippen molar-refractivity contribution in [2.75, 3.05) is 6.67 Å². The molecule has 7 heteroatoms. The third kappa shape index (κ3) is 4.67. The lowest BCUT2D eigenvalue weighted by atomic mass is 10.1. The van der Waals surface area contributed by atoms with Crippen molar-refractivity contribution in [3.05, 3.63) is 28.5 Å². The van der Waals surface area contributed by atoms with E-state index in [1.807, 2.05) is 0 Å². The van der Waals surface area contributed by atoms with Crippen molar-refractivity contribution in [1.82, 2.24) is 0 Å². The average Bonchev–Trinajstić information content (AvgIpc) is 2.45. The maximum absolute atomic E-state index is 13.5. The number of carbonyl (C=O) groups is 2. The van der Waals surface area contributed by atoms with E-state index in [1.54, 1.807) is 6.92 Å². The summed E-state index contributed by atoms with van der Waals surface area (Å²) < 4.78 is 30.8. The lowest BCUT2D eigenvalue weighted by Crippen LogP contribution is -2.28. The Hall–Kier alpha value is -1.69. The molecule has 0 spiro atoms. The fraction of sp³-hybridized carbons (Fsp3) is 0.429. The van der Waals surface area contributed by atoms with Crippen molar-refractivity contribution in [3.63, 3.8) is 0 Å². The van der Waals surface area contributed by atoms with Gasteiger partial charge in [-0.2, -0.15) is 0 Å². The number of benzene rings is 1.